The summed E-state index contributed by atoms with van der Waals surface area (Å²) in [5, 5.41) is 5.66. The van der Waals surface area contributed by atoms with E-state index in [1.54, 1.807) is 6.07 Å². The number of rotatable bonds is 4. The van der Waals surface area contributed by atoms with Crippen molar-refractivity contribution in [2.75, 3.05) is 17.2 Å². The fourth-order valence-electron chi connectivity index (χ4n) is 2.04. The fourth-order valence-corrected chi connectivity index (χ4v) is 2.93. The van der Waals surface area contributed by atoms with E-state index in [0.717, 1.165) is 16.0 Å². The van der Waals surface area contributed by atoms with Crippen LogP contribution < -0.4 is 15.4 Å². The van der Waals surface area contributed by atoms with Gasteiger partial charge in [-0.05, 0) is 43.3 Å². The van der Waals surface area contributed by atoms with Crippen molar-refractivity contribution in [3.8, 4) is 5.75 Å². The first-order chi connectivity index (χ1) is 11.1. The van der Waals surface area contributed by atoms with Gasteiger partial charge in [0.05, 0.1) is 16.8 Å². The maximum absolute atomic E-state index is 13.1. The molecule has 2 amide bonds. The number of amides is 2. The number of halogens is 1. The molecule has 7 heteroatoms. The minimum absolute atomic E-state index is 0.377. The van der Waals surface area contributed by atoms with Gasteiger partial charge in [-0.25, -0.2) is 14.2 Å². The third-order valence-electron chi connectivity index (χ3n) is 2.97. The third-order valence-corrected chi connectivity index (χ3v) is 3.91. The first-order valence-corrected chi connectivity index (χ1v) is 7.82. The van der Waals surface area contributed by atoms with Crippen LogP contribution in [0.1, 0.15) is 6.92 Å². The number of urea groups is 1. The van der Waals surface area contributed by atoms with Crippen molar-refractivity contribution in [2.24, 2.45) is 0 Å². The molecule has 3 rings (SSSR count). The van der Waals surface area contributed by atoms with Crippen molar-refractivity contribution in [1.82, 2.24) is 4.98 Å². The number of benzene rings is 2. The van der Waals surface area contributed by atoms with Gasteiger partial charge in [0, 0.05) is 5.69 Å². The molecule has 0 radical (unpaired) electrons. The molecule has 0 aliphatic heterocycles. The summed E-state index contributed by atoms with van der Waals surface area (Å²) >= 11 is 1.34. The fraction of sp³-hybridized carbons (Fsp3) is 0.125. The highest BCUT2D eigenvalue weighted by atomic mass is 32.1. The lowest BCUT2D eigenvalue weighted by Gasteiger charge is -2.04. The molecule has 0 saturated carbocycles. The average molecular weight is 331 g/mol. The second-order valence-electron chi connectivity index (χ2n) is 4.67. The number of aromatic nitrogens is 1. The number of nitrogens with zero attached hydrogens (tertiary/aromatic N) is 1. The lowest BCUT2D eigenvalue weighted by Crippen LogP contribution is -2.19. The molecular weight excluding hydrogens is 317 g/mol. The zero-order valence-corrected chi connectivity index (χ0v) is 13.1. The van der Waals surface area contributed by atoms with Gasteiger partial charge in [-0.3, -0.25) is 5.32 Å². The van der Waals surface area contributed by atoms with Crippen LogP contribution in [0.5, 0.6) is 5.75 Å². The van der Waals surface area contributed by atoms with Crippen LogP contribution in [-0.4, -0.2) is 17.6 Å². The molecule has 23 heavy (non-hydrogen) atoms. The molecule has 2 N–H and O–H groups in total. The standard InChI is InChI=1S/C16H14FN3O2S/c1-2-22-12-6-7-13-14(9-12)23-16(19-13)20-15(21)18-11-5-3-4-10(17)8-11/h3-9H,2H2,1H3,(H2,18,19,20,21). The van der Waals surface area contributed by atoms with Crippen LogP contribution in [-0.2, 0) is 0 Å². The first-order valence-electron chi connectivity index (χ1n) is 7.01. The van der Waals surface area contributed by atoms with E-state index in [4.69, 9.17) is 4.74 Å². The van der Waals surface area contributed by atoms with E-state index in [0.29, 0.717) is 17.4 Å². The van der Waals surface area contributed by atoms with Crippen molar-refractivity contribution < 1.29 is 13.9 Å². The molecule has 0 saturated heterocycles. The summed E-state index contributed by atoms with van der Waals surface area (Å²) < 4.78 is 19.4. The Hall–Kier alpha value is -2.67. The van der Waals surface area contributed by atoms with Gasteiger partial charge in [0.1, 0.15) is 11.6 Å². The number of hydrogen-bond donors (Lipinski definition) is 2. The van der Waals surface area contributed by atoms with Gasteiger partial charge in [0.15, 0.2) is 5.13 Å². The topological polar surface area (TPSA) is 63.2 Å². The normalized spacial score (nSPS) is 10.5. The summed E-state index contributed by atoms with van der Waals surface area (Å²) in [5.41, 5.74) is 1.15. The summed E-state index contributed by atoms with van der Waals surface area (Å²) in [7, 11) is 0. The van der Waals surface area contributed by atoms with E-state index in [2.05, 4.69) is 15.6 Å². The summed E-state index contributed by atoms with van der Waals surface area (Å²) in [5.74, 6) is 0.352. The van der Waals surface area contributed by atoms with Crippen LogP contribution in [0.2, 0.25) is 0 Å². The number of ether oxygens (including phenoxy) is 1. The van der Waals surface area contributed by atoms with Crippen molar-refractivity contribution in [3.05, 3.63) is 48.3 Å². The number of carbonyl (C=O) groups excluding carboxylic acids is 1. The van der Waals surface area contributed by atoms with E-state index in [-0.39, 0.29) is 0 Å². The Bertz CT molecular complexity index is 850. The molecule has 2 aromatic carbocycles. The van der Waals surface area contributed by atoms with Gasteiger partial charge in [-0.2, -0.15) is 0 Å². The van der Waals surface area contributed by atoms with E-state index >= 15 is 0 Å². The minimum atomic E-state index is -0.473. The molecular formula is C16H14FN3O2S. The lowest BCUT2D eigenvalue weighted by atomic mass is 10.3. The second-order valence-corrected chi connectivity index (χ2v) is 5.70. The van der Waals surface area contributed by atoms with Crippen LogP contribution in [0.4, 0.5) is 20.0 Å². The Morgan fingerprint density at radius 3 is 2.91 bits per heavy atom. The van der Waals surface area contributed by atoms with Gasteiger partial charge in [-0.15, -0.1) is 0 Å². The maximum atomic E-state index is 13.1. The van der Waals surface area contributed by atoms with E-state index in [1.807, 2.05) is 25.1 Å². The predicted molar refractivity (Wildman–Crippen MR) is 89.8 cm³/mol. The number of nitrogens with one attached hydrogen (secondary N) is 2. The molecule has 5 nitrogen and oxygen atoms in total. The Morgan fingerprint density at radius 2 is 2.13 bits per heavy atom. The Morgan fingerprint density at radius 1 is 1.26 bits per heavy atom. The molecule has 0 bridgehead atoms. The van der Waals surface area contributed by atoms with Gasteiger partial charge >= 0.3 is 6.03 Å². The highest BCUT2D eigenvalue weighted by Crippen LogP contribution is 2.29. The van der Waals surface area contributed by atoms with Crippen LogP contribution in [0.3, 0.4) is 0 Å². The summed E-state index contributed by atoms with van der Waals surface area (Å²) in [6, 6.07) is 10.8. The van der Waals surface area contributed by atoms with Gasteiger partial charge < -0.3 is 10.1 Å². The summed E-state index contributed by atoms with van der Waals surface area (Å²) in [4.78, 5) is 16.3. The Labute approximate surface area is 136 Å². The first kappa shape index (κ1) is 15.2. The number of anilines is 2. The van der Waals surface area contributed by atoms with Crippen LogP contribution in [0, 0.1) is 5.82 Å². The SMILES string of the molecule is CCOc1ccc2nc(NC(=O)Nc3cccc(F)c3)sc2c1. The molecule has 0 unspecified atom stereocenters. The van der Waals surface area contributed by atoms with Gasteiger partial charge in [0.25, 0.3) is 0 Å². The zero-order chi connectivity index (χ0) is 16.2. The monoisotopic (exact) mass is 331 g/mol. The predicted octanol–water partition coefficient (Wildman–Crippen LogP) is 4.48. The van der Waals surface area contributed by atoms with Gasteiger partial charge in [-0.1, -0.05) is 17.4 Å². The highest BCUT2D eigenvalue weighted by Gasteiger charge is 2.09. The number of carbonyl (C=O) groups is 1. The van der Waals surface area contributed by atoms with Crippen LogP contribution in [0.15, 0.2) is 42.5 Å². The van der Waals surface area contributed by atoms with Gasteiger partial charge in [0.2, 0.25) is 0 Å². The van der Waals surface area contributed by atoms with E-state index in [1.165, 1.54) is 29.5 Å². The molecule has 0 aliphatic carbocycles. The second kappa shape index (κ2) is 6.62. The molecule has 118 valence electrons. The molecule has 1 heterocycles. The molecule has 0 aliphatic rings. The quantitative estimate of drug-likeness (QED) is 0.741. The molecule has 0 fully saturated rings. The van der Waals surface area contributed by atoms with Crippen LogP contribution >= 0.6 is 11.3 Å². The van der Waals surface area contributed by atoms with Crippen LogP contribution in [0.25, 0.3) is 10.2 Å². The molecule has 0 spiro atoms. The molecule has 0 atom stereocenters. The van der Waals surface area contributed by atoms with E-state index in [9.17, 15) is 9.18 Å². The van der Waals surface area contributed by atoms with Crippen molar-refractivity contribution in [3.63, 3.8) is 0 Å². The third kappa shape index (κ3) is 3.75. The number of fused-ring (bicyclic) bond motifs is 1. The maximum Gasteiger partial charge on any atom is 0.325 e. The smallest absolute Gasteiger partial charge is 0.325 e. The van der Waals surface area contributed by atoms with Crippen molar-refractivity contribution >= 4 is 38.4 Å². The Kier molecular flexibility index (Phi) is 4.38. The molecule has 1 aromatic heterocycles. The van der Waals surface area contributed by atoms with Crippen molar-refractivity contribution in [2.45, 2.75) is 6.92 Å². The van der Waals surface area contributed by atoms with Crippen molar-refractivity contribution in [1.29, 1.82) is 0 Å². The average Bonchev–Trinajstić information content (AvgIpc) is 2.88. The highest BCUT2D eigenvalue weighted by molar-refractivity contribution is 7.22. The lowest BCUT2D eigenvalue weighted by molar-refractivity contribution is 0.262. The number of thiazole rings is 1. The summed E-state index contributed by atoms with van der Waals surface area (Å²) in [6.07, 6.45) is 0. The molecule has 3 aromatic rings. The Balaban J connectivity index is 1.72. The minimum Gasteiger partial charge on any atom is -0.494 e. The summed E-state index contributed by atoms with van der Waals surface area (Å²) in [6.45, 7) is 2.51. The van der Waals surface area contributed by atoms with E-state index < -0.39 is 11.8 Å². The largest absolute Gasteiger partial charge is 0.494 e. The number of hydrogen-bond acceptors (Lipinski definition) is 4. The zero-order valence-electron chi connectivity index (χ0n) is 12.3.